The van der Waals surface area contributed by atoms with Crippen molar-refractivity contribution in [3.8, 4) is 5.75 Å². The van der Waals surface area contributed by atoms with Gasteiger partial charge in [0.05, 0.1) is 5.56 Å². The minimum Gasteiger partial charge on any atom is -0.508 e. The van der Waals surface area contributed by atoms with Crippen LogP contribution in [0.4, 0.5) is 13.2 Å². The Morgan fingerprint density at radius 2 is 1.86 bits per heavy atom. The number of benzene rings is 2. The molecular weight excluding hydrogens is 293 g/mol. The van der Waals surface area contributed by atoms with Crippen molar-refractivity contribution in [1.29, 1.82) is 0 Å². The van der Waals surface area contributed by atoms with Crippen LogP contribution in [0.1, 0.15) is 27.0 Å². The molecule has 0 bridgehead atoms. The lowest BCUT2D eigenvalue weighted by atomic mass is 10.1. The van der Waals surface area contributed by atoms with Crippen LogP contribution in [0.3, 0.4) is 0 Å². The first kappa shape index (κ1) is 14.4. The molecule has 3 rings (SSSR count). The number of aromatic hydroxyl groups is 1. The minimum absolute atomic E-state index is 0.0619. The summed E-state index contributed by atoms with van der Waals surface area (Å²) in [5, 5.41) is 9.43. The van der Waals surface area contributed by atoms with E-state index in [1.165, 1.54) is 36.4 Å². The van der Waals surface area contributed by atoms with Gasteiger partial charge in [0.1, 0.15) is 5.75 Å². The Morgan fingerprint density at radius 3 is 2.59 bits per heavy atom. The Hall–Kier alpha value is -2.56. The van der Waals surface area contributed by atoms with E-state index in [4.69, 9.17) is 0 Å². The molecule has 0 fully saturated rings. The second-order valence-corrected chi connectivity index (χ2v) is 5.14. The molecule has 0 saturated heterocycles. The van der Waals surface area contributed by atoms with Gasteiger partial charge in [-0.3, -0.25) is 4.79 Å². The van der Waals surface area contributed by atoms with Crippen LogP contribution in [0, 0.1) is 0 Å². The van der Waals surface area contributed by atoms with Crippen molar-refractivity contribution < 1.29 is 23.1 Å². The Bertz CT molecular complexity index is 789. The molecule has 0 saturated carbocycles. The zero-order valence-corrected chi connectivity index (χ0v) is 11.3. The number of fused-ring (bicyclic) bond motifs is 1. The van der Waals surface area contributed by atoms with Gasteiger partial charge in [-0.2, -0.15) is 13.2 Å². The average molecular weight is 304 g/mol. The smallest absolute Gasteiger partial charge is 0.416 e. The van der Waals surface area contributed by atoms with Gasteiger partial charge in [-0.1, -0.05) is 12.1 Å². The van der Waals surface area contributed by atoms with E-state index in [0.717, 1.165) is 12.1 Å². The summed E-state index contributed by atoms with van der Waals surface area (Å²) in [5.41, 5.74) is 1.16. The number of ketones is 1. The van der Waals surface area contributed by atoms with E-state index in [9.17, 15) is 23.1 Å². The van der Waals surface area contributed by atoms with E-state index in [1.807, 2.05) is 0 Å². The second kappa shape index (κ2) is 5.02. The normalized spacial score (nSPS) is 16.1. The fraction of sp³-hybridized carbons (Fsp3) is 0.118. The molecule has 1 aliphatic rings. The maximum absolute atomic E-state index is 12.7. The van der Waals surface area contributed by atoms with Crippen LogP contribution < -0.4 is 0 Å². The van der Waals surface area contributed by atoms with Crippen LogP contribution in [0.2, 0.25) is 0 Å². The molecule has 0 aromatic heterocycles. The number of rotatable bonds is 1. The lowest BCUT2D eigenvalue weighted by Gasteiger charge is -2.07. The number of carbonyl (C=O) groups is 1. The molecule has 112 valence electrons. The van der Waals surface area contributed by atoms with Crippen molar-refractivity contribution in [1.82, 2.24) is 0 Å². The summed E-state index contributed by atoms with van der Waals surface area (Å²) in [5.74, 6) is -0.153. The summed E-state index contributed by atoms with van der Waals surface area (Å²) in [4.78, 5) is 12.2. The Balaban J connectivity index is 1.96. The highest BCUT2D eigenvalue weighted by molar-refractivity contribution is 6.15. The maximum atomic E-state index is 12.7. The van der Waals surface area contributed by atoms with Crippen molar-refractivity contribution in [2.75, 3.05) is 0 Å². The van der Waals surface area contributed by atoms with E-state index in [-0.39, 0.29) is 11.5 Å². The van der Waals surface area contributed by atoms with Gasteiger partial charge < -0.3 is 5.11 Å². The van der Waals surface area contributed by atoms with Gasteiger partial charge >= 0.3 is 6.18 Å². The number of hydrogen-bond acceptors (Lipinski definition) is 2. The Kier molecular flexibility index (Phi) is 3.28. The number of carbonyl (C=O) groups excluding carboxylic acids is 1. The number of alkyl halides is 3. The summed E-state index contributed by atoms with van der Waals surface area (Å²) < 4.78 is 38.1. The first-order valence-corrected chi connectivity index (χ1v) is 6.59. The predicted molar refractivity (Wildman–Crippen MR) is 75.6 cm³/mol. The molecule has 5 heteroatoms. The summed E-state index contributed by atoms with van der Waals surface area (Å²) >= 11 is 0. The van der Waals surface area contributed by atoms with Gasteiger partial charge in [-0.15, -0.1) is 0 Å². The molecule has 2 aromatic carbocycles. The molecule has 0 heterocycles. The van der Waals surface area contributed by atoms with Crippen LogP contribution in [-0.2, 0) is 12.6 Å². The molecule has 1 aliphatic carbocycles. The molecular formula is C17H11F3O2. The third-order valence-corrected chi connectivity index (χ3v) is 3.56. The van der Waals surface area contributed by atoms with Crippen LogP contribution in [-0.4, -0.2) is 10.9 Å². The van der Waals surface area contributed by atoms with Crippen molar-refractivity contribution in [2.24, 2.45) is 0 Å². The fourth-order valence-electron chi connectivity index (χ4n) is 2.53. The lowest BCUT2D eigenvalue weighted by molar-refractivity contribution is -0.137. The van der Waals surface area contributed by atoms with Crippen LogP contribution >= 0.6 is 0 Å². The molecule has 0 radical (unpaired) electrons. The monoisotopic (exact) mass is 304 g/mol. The Morgan fingerprint density at radius 1 is 1.09 bits per heavy atom. The van der Waals surface area contributed by atoms with Gasteiger partial charge in [-0.25, -0.2) is 0 Å². The maximum Gasteiger partial charge on any atom is 0.416 e. The van der Waals surface area contributed by atoms with E-state index < -0.39 is 11.7 Å². The Labute approximate surface area is 124 Å². The van der Waals surface area contributed by atoms with Gasteiger partial charge in [0.25, 0.3) is 0 Å². The fourth-order valence-corrected chi connectivity index (χ4v) is 2.53. The van der Waals surface area contributed by atoms with Crippen molar-refractivity contribution in [2.45, 2.75) is 12.6 Å². The molecule has 0 unspecified atom stereocenters. The third-order valence-electron chi connectivity index (χ3n) is 3.56. The molecule has 2 nitrogen and oxygen atoms in total. The third kappa shape index (κ3) is 2.62. The first-order valence-electron chi connectivity index (χ1n) is 6.59. The molecule has 1 N–H and O–H groups in total. The average Bonchev–Trinajstić information content (AvgIpc) is 2.74. The number of phenolic OH excluding ortho intramolecular Hbond substituents is 1. The second-order valence-electron chi connectivity index (χ2n) is 5.14. The minimum atomic E-state index is -4.41. The molecule has 0 spiro atoms. The van der Waals surface area contributed by atoms with Crippen LogP contribution in [0.5, 0.6) is 5.75 Å². The number of hydrogen-bond donors (Lipinski definition) is 1. The number of phenols is 1. The highest BCUT2D eigenvalue weighted by Crippen LogP contribution is 2.32. The molecule has 0 aliphatic heterocycles. The molecule has 0 atom stereocenters. The van der Waals surface area contributed by atoms with Crippen molar-refractivity contribution in [3.63, 3.8) is 0 Å². The zero-order chi connectivity index (χ0) is 15.9. The van der Waals surface area contributed by atoms with Gasteiger partial charge in [0.15, 0.2) is 5.78 Å². The summed E-state index contributed by atoms with van der Waals surface area (Å²) in [6.45, 7) is 0. The molecule has 0 amide bonds. The van der Waals surface area contributed by atoms with E-state index >= 15 is 0 Å². The number of allylic oxidation sites excluding steroid dienone is 1. The van der Waals surface area contributed by atoms with E-state index in [0.29, 0.717) is 28.7 Å². The van der Waals surface area contributed by atoms with Crippen LogP contribution in [0.25, 0.3) is 6.08 Å². The van der Waals surface area contributed by atoms with E-state index in [1.54, 1.807) is 0 Å². The van der Waals surface area contributed by atoms with Crippen LogP contribution in [0.15, 0.2) is 48.0 Å². The highest BCUT2D eigenvalue weighted by Gasteiger charge is 2.30. The SMILES string of the molecule is O=C1C(=Cc2cccc(C(F)(F)F)c2)Cc2cc(O)ccc21. The van der Waals surface area contributed by atoms with Crippen molar-refractivity contribution >= 4 is 11.9 Å². The summed E-state index contributed by atoms with van der Waals surface area (Å²) in [6.07, 6.45) is -2.64. The lowest BCUT2D eigenvalue weighted by Crippen LogP contribution is -2.04. The number of halogens is 3. The first-order chi connectivity index (χ1) is 10.3. The molecule has 22 heavy (non-hydrogen) atoms. The topological polar surface area (TPSA) is 37.3 Å². The standard InChI is InChI=1S/C17H11F3O2/c18-17(19,20)13-3-1-2-10(7-13)6-12-8-11-9-14(21)4-5-15(11)16(12)22/h1-7,9,21H,8H2. The van der Waals surface area contributed by atoms with Gasteiger partial charge in [0, 0.05) is 17.6 Å². The largest absolute Gasteiger partial charge is 0.508 e. The zero-order valence-electron chi connectivity index (χ0n) is 11.3. The quantitative estimate of drug-likeness (QED) is 0.800. The molecule has 2 aromatic rings. The van der Waals surface area contributed by atoms with Crippen molar-refractivity contribution in [3.05, 3.63) is 70.3 Å². The van der Waals surface area contributed by atoms with Gasteiger partial charge in [-0.05, 0) is 47.5 Å². The number of Topliss-reactive ketones (excluding diaryl/α,β-unsaturated/α-hetero) is 1. The predicted octanol–water partition coefficient (Wildman–Crippen LogP) is 4.23. The van der Waals surface area contributed by atoms with Gasteiger partial charge in [0.2, 0.25) is 0 Å². The van der Waals surface area contributed by atoms with E-state index in [2.05, 4.69) is 0 Å². The highest BCUT2D eigenvalue weighted by atomic mass is 19.4. The summed E-state index contributed by atoms with van der Waals surface area (Å²) in [7, 11) is 0. The summed E-state index contributed by atoms with van der Waals surface area (Å²) in [6, 6.07) is 9.29.